The van der Waals surface area contributed by atoms with Crippen molar-refractivity contribution in [2.45, 2.75) is 12.5 Å². The summed E-state index contributed by atoms with van der Waals surface area (Å²) >= 11 is 7.67. The minimum atomic E-state index is -1.01. The number of aromatic nitrogens is 1. The average Bonchev–Trinajstić information content (AvgIpc) is 2.94. The van der Waals surface area contributed by atoms with E-state index in [2.05, 4.69) is 10.3 Å². The van der Waals surface area contributed by atoms with Crippen LogP contribution in [0.3, 0.4) is 0 Å². The lowest BCUT2D eigenvalue weighted by Gasteiger charge is -2.25. The largest absolute Gasteiger partial charge is 0.482 e. The van der Waals surface area contributed by atoms with Gasteiger partial charge in [-0.2, -0.15) is 0 Å². The van der Waals surface area contributed by atoms with Gasteiger partial charge in [0.1, 0.15) is 5.75 Å². The zero-order chi connectivity index (χ0) is 14.8. The van der Waals surface area contributed by atoms with E-state index in [-0.39, 0.29) is 12.6 Å². The molecule has 5 nitrogen and oxygen atoms in total. The van der Waals surface area contributed by atoms with Crippen LogP contribution in [0.15, 0.2) is 23.7 Å². The smallest absolute Gasteiger partial charge is 0.341 e. The second kappa shape index (κ2) is 6.01. The highest BCUT2D eigenvalue weighted by Gasteiger charge is 2.26. The molecule has 3 rings (SSSR count). The molecule has 0 spiro atoms. The van der Waals surface area contributed by atoms with Crippen molar-refractivity contribution in [3.63, 3.8) is 0 Å². The molecular weight excluding hydrogens is 312 g/mol. The normalized spacial score (nSPS) is 17.3. The van der Waals surface area contributed by atoms with Gasteiger partial charge in [0.05, 0.1) is 17.2 Å². The van der Waals surface area contributed by atoms with Crippen LogP contribution in [-0.2, 0) is 11.2 Å². The van der Waals surface area contributed by atoms with E-state index in [1.54, 1.807) is 23.5 Å². The SMILES string of the molecule is O=C(O)COc1ccc(Cl)cc1[C@@H]1NCCc2ncsc21. The number of hydrogen-bond donors (Lipinski definition) is 2. The van der Waals surface area contributed by atoms with Gasteiger partial charge in [0.2, 0.25) is 0 Å². The van der Waals surface area contributed by atoms with Crippen molar-refractivity contribution in [3.8, 4) is 5.75 Å². The summed E-state index contributed by atoms with van der Waals surface area (Å²) in [6, 6.07) is 5.14. The molecule has 110 valence electrons. The van der Waals surface area contributed by atoms with Crippen LogP contribution < -0.4 is 10.1 Å². The standard InChI is InChI=1S/C14H13ClN2O3S/c15-8-1-2-11(20-6-12(18)19)9(5-8)13-14-10(3-4-16-13)17-7-21-14/h1-2,5,7,13,16H,3-4,6H2,(H,18,19)/t13-/m0/s1. The van der Waals surface area contributed by atoms with E-state index in [1.807, 2.05) is 11.6 Å². The Morgan fingerprint density at radius 1 is 1.57 bits per heavy atom. The highest BCUT2D eigenvalue weighted by Crippen LogP contribution is 2.37. The number of carboxylic acid groups (broad SMARTS) is 1. The summed E-state index contributed by atoms with van der Waals surface area (Å²) in [7, 11) is 0. The Hall–Kier alpha value is -1.63. The average molecular weight is 325 g/mol. The molecule has 0 fully saturated rings. The Bertz CT molecular complexity index is 674. The zero-order valence-electron chi connectivity index (χ0n) is 11.0. The van der Waals surface area contributed by atoms with E-state index >= 15 is 0 Å². The molecule has 0 saturated carbocycles. The van der Waals surface area contributed by atoms with Gasteiger partial charge >= 0.3 is 5.97 Å². The van der Waals surface area contributed by atoms with Crippen LogP contribution in [-0.4, -0.2) is 29.2 Å². The lowest BCUT2D eigenvalue weighted by atomic mass is 9.99. The summed E-state index contributed by atoms with van der Waals surface area (Å²) in [5.74, 6) is -0.480. The Morgan fingerprint density at radius 3 is 3.24 bits per heavy atom. The summed E-state index contributed by atoms with van der Waals surface area (Å²) < 4.78 is 5.38. The van der Waals surface area contributed by atoms with Gasteiger partial charge in [-0.25, -0.2) is 9.78 Å². The number of ether oxygens (including phenoxy) is 1. The summed E-state index contributed by atoms with van der Waals surface area (Å²) in [4.78, 5) is 16.2. The number of hydrogen-bond acceptors (Lipinski definition) is 5. The molecule has 2 heterocycles. The molecule has 0 saturated heterocycles. The Morgan fingerprint density at radius 2 is 2.43 bits per heavy atom. The first kappa shape index (κ1) is 14.3. The van der Waals surface area contributed by atoms with Crippen molar-refractivity contribution in [2.75, 3.05) is 13.2 Å². The molecule has 1 atom stereocenters. The molecule has 1 aromatic heterocycles. The van der Waals surface area contributed by atoms with Crippen LogP contribution in [0.5, 0.6) is 5.75 Å². The number of nitrogens with one attached hydrogen (secondary N) is 1. The van der Waals surface area contributed by atoms with Crippen molar-refractivity contribution in [1.29, 1.82) is 0 Å². The van der Waals surface area contributed by atoms with Crippen LogP contribution in [0.4, 0.5) is 0 Å². The topological polar surface area (TPSA) is 71.5 Å². The molecule has 7 heteroatoms. The van der Waals surface area contributed by atoms with Crippen LogP contribution in [0, 0.1) is 0 Å². The van der Waals surface area contributed by atoms with Gasteiger partial charge in [-0.15, -0.1) is 11.3 Å². The van der Waals surface area contributed by atoms with Crippen molar-refractivity contribution in [2.24, 2.45) is 0 Å². The van der Waals surface area contributed by atoms with E-state index in [1.165, 1.54) is 0 Å². The van der Waals surface area contributed by atoms with Gasteiger partial charge in [0.25, 0.3) is 0 Å². The second-order valence-electron chi connectivity index (χ2n) is 4.67. The maximum Gasteiger partial charge on any atom is 0.341 e. The highest BCUT2D eigenvalue weighted by molar-refractivity contribution is 7.09. The number of fused-ring (bicyclic) bond motifs is 1. The first-order chi connectivity index (χ1) is 10.1. The molecule has 1 aliphatic heterocycles. The summed E-state index contributed by atoms with van der Waals surface area (Å²) in [5.41, 5.74) is 3.74. The molecule has 1 aliphatic rings. The third-order valence-electron chi connectivity index (χ3n) is 3.28. The number of aliphatic carboxylic acids is 1. The van der Waals surface area contributed by atoms with E-state index < -0.39 is 5.97 Å². The van der Waals surface area contributed by atoms with E-state index in [0.29, 0.717) is 10.8 Å². The molecule has 1 aromatic carbocycles. The second-order valence-corrected chi connectivity index (χ2v) is 5.99. The summed E-state index contributed by atoms with van der Waals surface area (Å²) in [5, 5.41) is 12.8. The first-order valence-electron chi connectivity index (χ1n) is 6.45. The lowest BCUT2D eigenvalue weighted by Crippen LogP contribution is -2.30. The lowest BCUT2D eigenvalue weighted by molar-refractivity contribution is -0.139. The fourth-order valence-electron chi connectivity index (χ4n) is 2.40. The maximum atomic E-state index is 10.7. The van der Waals surface area contributed by atoms with Crippen LogP contribution in [0.2, 0.25) is 5.02 Å². The van der Waals surface area contributed by atoms with Gasteiger partial charge in [0, 0.05) is 28.4 Å². The molecule has 0 radical (unpaired) electrons. The third-order valence-corrected chi connectivity index (χ3v) is 4.45. The Balaban J connectivity index is 1.98. The molecule has 0 amide bonds. The molecule has 2 aromatic rings. The molecule has 0 aliphatic carbocycles. The van der Waals surface area contributed by atoms with E-state index in [4.69, 9.17) is 21.4 Å². The fourth-order valence-corrected chi connectivity index (χ4v) is 3.51. The van der Waals surface area contributed by atoms with Crippen LogP contribution in [0.25, 0.3) is 0 Å². The zero-order valence-corrected chi connectivity index (χ0v) is 12.6. The van der Waals surface area contributed by atoms with Crippen molar-refractivity contribution in [3.05, 3.63) is 44.9 Å². The monoisotopic (exact) mass is 324 g/mol. The number of halogens is 1. The molecule has 0 unspecified atom stereocenters. The van der Waals surface area contributed by atoms with Gasteiger partial charge in [0.15, 0.2) is 6.61 Å². The minimum Gasteiger partial charge on any atom is -0.482 e. The summed E-state index contributed by atoms with van der Waals surface area (Å²) in [6.45, 7) is 0.434. The number of benzene rings is 1. The molecule has 0 bridgehead atoms. The predicted molar refractivity (Wildman–Crippen MR) is 80.2 cm³/mol. The van der Waals surface area contributed by atoms with Gasteiger partial charge in [-0.05, 0) is 18.2 Å². The number of carboxylic acids is 1. The quantitative estimate of drug-likeness (QED) is 0.904. The Kier molecular flexibility index (Phi) is 4.10. The number of thiazole rings is 1. The summed E-state index contributed by atoms with van der Waals surface area (Å²) in [6.07, 6.45) is 0.890. The molecule has 21 heavy (non-hydrogen) atoms. The maximum absolute atomic E-state index is 10.7. The molecule has 2 N–H and O–H groups in total. The third kappa shape index (κ3) is 3.02. The van der Waals surface area contributed by atoms with Gasteiger partial charge in [-0.3, -0.25) is 0 Å². The number of nitrogens with zero attached hydrogens (tertiary/aromatic N) is 1. The fraction of sp³-hybridized carbons (Fsp3) is 0.286. The van der Waals surface area contributed by atoms with Crippen molar-refractivity contribution >= 4 is 28.9 Å². The number of carbonyl (C=O) groups is 1. The van der Waals surface area contributed by atoms with Crippen molar-refractivity contribution < 1.29 is 14.6 Å². The number of rotatable bonds is 4. The van der Waals surface area contributed by atoms with Gasteiger partial charge < -0.3 is 15.2 Å². The van der Waals surface area contributed by atoms with Crippen LogP contribution >= 0.6 is 22.9 Å². The molecular formula is C14H13ClN2O3S. The van der Waals surface area contributed by atoms with E-state index in [0.717, 1.165) is 29.1 Å². The van der Waals surface area contributed by atoms with Crippen LogP contribution in [0.1, 0.15) is 22.2 Å². The minimum absolute atomic E-state index is 0.0660. The van der Waals surface area contributed by atoms with E-state index in [9.17, 15) is 4.79 Å². The predicted octanol–water partition coefficient (Wildman–Crippen LogP) is 2.50. The highest BCUT2D eigenvalue weighted by atomic mass is 35.5. The van der Waals surface area contributed by atoms with Gasteiger partial charge in [-0.1, -0.05) is 11.6 Å². The van der Waals surface area contributed by atoms with Crippen molar-refractivity contribution in [1.82, 2.24) is 10.3 Å². The Labute approximate surface area is 130 Å². The first-order valence-corrected chi connectivity index (χ1v) is 7.70.